The van der Waals surface area contributed by atoms with Crippen LogP contribution in [0.5, 0.6) is 5.75 Å². The van der Waals surface area contributed by atoms with Crippen molar-refractivity contribution in [3.8, 4) is 5.75 Å². The van der Waals surface area contributed by atoms with Gasteiger partial charge >= 0.3 is 0 Å². The third-order valence-corrected chi connectivity index (χ3v) is 4.09. The van der Waals surface area contributed by atoms with Crippen LogP contribution in [0.2, 0.25) is 0 Å². The summed E-state index contributed by atoms with van der Waals surface area (Å²) in [7, 11) is 0. The van der Waals surface area contributed by atoms with Crippen molar-refractivity contribution in [3.63, 3.8) is 0 Å². The van der Waals surface area contributed by atoms with Gasteiger partial charge in [-0.15, -0.1) is 0 Å². The van der Waals surface area contributed by atoms with E-state index in [1.165, 1.54) is 5.56 Å². The van der Waals surface area contributed by atoms with Crippen molar-refractivity contribution < 1.29 is 18.9 Å². The van der Waals surface area contributed by atoms with E-state index < -0.39 is 0 Å². The first-order valence-electron chi connectivity index (χ1n) is 10.8. The quantitative estimate of drug-likeness (QED) is 0.426. The SMILES string of the molecule is CC(C)(C)CCOCCOCCOCCNCc1ccc(OCC(C)(C)C)cc1. The molecule has 1 N–H and O–H groups in total. The van der Waals surface area contributed by atoms with Crippen molar-refractivity contribution in [2.75, 3.05) is 52.8 Å². The van der Waals surface area contributed by atoms with E-state index in [9.17, 15) is 0 Å². The summed E-state index contributed by atoms with van der Waals surface area (Å²) in [6.45, 7) is 19.5. The van der Waals surface area contributed by atoms with Crippen molar-refractivity contribution in [2.24, 2.45) is 10.8 Å². The maximum atomic E-state index is 5.80. The molecular weight excluding hydrogens is 366 g/mol. The summed E-state index contributed by atoms with van der Waals surface area (Å²) in [6, 6.07) is 8.26. The third kappa shape index (κ3) is 16.4. The Morgan fingerprint density at radius 3 is 1.79 bits per heavy atom. The Bertz CT molecular complexity index is 517. The van der Waals surface area contributed by atoms with Crippen LogP contribution >= 0.6 is 0 Å². The lowest BCUT2D eigenvalue weighted by Crippen LogP contribution is -2.20. The van der Waals surface area contributed by atoms with Crippen molar-refractivity contribution in [1.29, 1.82) is 0 Å². The molecule has 0 radical (unpaired) electrons. The molecule has 5 nitrogen and oxygen atoms in total. The number of hydrogen-bond donors (Lipinski definition) is 1. The molecule has 0 aromatic heterocycles. The van der Waals surface area contributed by atoms with E-state index in [4.69, 9.17) is 18.9 Å². The standard InChI is InChI=1S/C24H43NO4/c1-23(2,3)11-13-26-15-17-28-18-16-27-14-12-25-19-21-7-9-22(10-8-21)29-20-24(4,5)6/h7-10,25H,11-20H2,1-6H3. The van der Waals surface area contributed by atoms with Crippen LogP contribution in [-0.4, -0.2) is 52.8 Å². The van der Waals surface area contributed by atoms with E-state index >= 15 is 0 Å². The fourth-order valence-corrected chi connectivity index (χ4v) is 2.30. The fourth-order valence-electron chi connectivity index (χ4n) is 2.30. The molecular formula is C24H43NO4. The van der Waals surface area contributed by atoms with E-state index in [1.807, 2.05) is 12.1 Å². The maximum absolute atomic E-state index is 5.80. The zero-order chi connectivity index (χ0) is 21.6. The molecule has 0 aliphatic carbocycles. The van der Waals surface area contributed by atoms with Crippen molar-refractivity contribution in [2.45, 2.75) is 54.5 Å². The first-order chi connectivity index (χ1) is 13.7. The average Bonchev–Trinajstić information content (AvgIpc) is 2.63. The Hall–Kier alpha value is -1.14. The zero-order valence-electron chi connectivity index (χ0n) is 19.5. The van der Waals surface area contributed by atoms with E-state index in [1.54, 1.807) is 0 Å². The van der Waals surface area contributed by atoms with Crippen molar-refractivity contribution in [3.05, 3.63) is 29.8 Å². The highest BCUT2D eigenvalue weighted by Gasteiger charge is 2.11. The maximum Gasteiger partial charge on any atom is 0.119 e. The molecule has 0 saturated heterocycles. The first kappa shape index (κ1) is 25.9. The van der Waals surface area contributed by atoms with Gasteiger partial charge in [0.25, 0.3) is 0 Å². The molecule has 1 rings (SSSR count). The largest absolute Gasteiger partial charge is 0.493 e. The van der Waals surface area contributed by atoms with Gasteiger partial charge < -0.3 is 24.3 Å². The molecule has 1 aromatic rings. The van der Waals surface area contributed by atoms with Gasteiger partial charge in [0.1, 0.15) is 5.75 Å². The van der Waals surface area contributed by atoms with E-state index in [0.29, 0.717) is 38.4 Å². The van der Waals surface area contributed by atoms with Gasteiger partial charge in [0.05, 0.1) is 39.6 Å². The van der Waals surface area contributed by atoms with Crippen molar-refractivity contribution in [1.82, 2.24) is 5.32 Å². The average molecular weight is 410 g/mol. The predicted octanol–water partition coefficient (Wildman–Crippen LogP) is 4.69. The Morgan fingerprint density at radius 2 is 1.24 bits per heavy atom. The van der Waals surface area contributed by atoms with Gasteiger partial charge in [-0.2, -0.15) is 0 Å². The molecule has 0 saturated carbocycles. The second-order valence-electron chi connectivity index (χ2n) is 9.82. The molecule has 1 aromatic carbocycles. The lowest BCUT2D eigenvalue weighted by Gasteiger charge is -2.18. The van der Waals surface area contributed by atoms with Crippen LogP contribution < -0.4 is 10.1 Å². The Labute approximate surface area is 178 Å². The molecule has 0 aliphatic rings. The normalized spacial score (nSPS) is 12.3. The lowest BCUT2D eigenvalue weighted by molar-refractivity contribution is 0.0109. The summed E-state index contributed by atoms with van der Waals surface area (Å²) in [5, 5.41) is 3.39. The highest BCUT2D eigenvalue weighted by Crippen LogP contribution is 2.18. The zero-order valence-corrected chi connectivity index (χ0v) is 19.5. The number of hydrogen-bond acceptors (Lipinski definition) is 5. The highest BCUT2D eigenvalue weighted by atomic mass is 16.5. The Morgan fingerprint density at radius 1 is 0.690 bits per heavy atom. The first-order valence-corrected chi connectivity index (χ1v) is 10.8. The highest BCUT2D eigenvalue weighted by molar-refractivity contribution is 5.27. The van der Waals surface area contributed by atoms with Crippen LogP contribution in [0.4, 0.5) is 0 Å². The molecule has 29 heavy (non-hydrogen) atoms. The van der Waals surface area contributed by atoms with Gasteiger partial charge in [0.15, 0.2) is 0 Å². The molecule has 168 valence electrons. The van der Waals surface area contributed by atoms with Gasteiger partial charge in [-0.05, 0) is 34.9 Å². The van der Waals surface area contributed by atoms with Crippen LogP contribution in [0.25, 0.3) is 0 Å². The minimum atomic E-state index is 0.172. The fraction of sp³-hybridized carbons (Fsp3) is 0.750. The molecule has 0 spiro atoms. The van der Waals surface area contributed by atoms with Crippen LogP contribution in [-0.2, 0) is 20.8 Å². The molecule has 0 amide bonds. The summed E-state index contributed by atoms with van der Waals surface area (Å²) in [5.74, 6) is 0.923. The van der Waals surface area contributed by atoms with Gasteiger partial charge in [0.2, 0.25) is 0 Å². The number of nitrogens with one attached hydrogen (secondary N) is 1. The molecule has 0 heterocycles. The number of rotatable bonds is 15. The van der Waals surface area contributed by atoms with E-state index in [-0.39, 0.29) is 5.41 Å². The van der Waals surface area contributed by atoms with Gasteiger partial charge in [-0.1, -0.05) is 53.7 Å². The molecule has 0 fully saturated rings. The molecule has 0 bridgehead atoms. The lowest BCUT2D eigenvalue weighted by atomic mass is 9.93. The number of ether oxygens (including phenoxy) is 4. The molecule has 5 heteroatoms. The molecule has 0 aliphatic heterocycles. The summed E-state index contributed by atoms with van der Waals surface area (Å²) < 4.78 is 22.4. The topological polar surface area (TPSA) is 49.0 Å². The van der Waals surface area contributed by atoms with E-state index in [2.05, 4.69) is 59.0 Å². The summed E-state index contributed by atoms with van der Waals surface area (Å²) in [4.78, 5) is 0. The van der Waals surface area contributed by atoms with E-state index in [0.717, 1.165) is 38.5 Å². The molecule has 0 atom stereocenters. The second kappa shape index (κ2) is 14.0. The number of benzene rings is 1. The Kier molecular flexibility index (Phi) is 12.5. The smallest absolute Gasteiger partial charge is 0.119 e. The van der Waals surface area contributed by atoms with Crippen LogP contribution in [0, 0.1) is 10.8 Å². The van der Waals surface area contributed by atoms with Crippen LogP contribution in [0.3, 0.4) is 0 Å². The third-order valence-electron chi connectivity index (χ3n) is 4.09. The van der Waals surface area contributed by atoms with Crippen LogP contribution in [0.1, 0.15) is 53.5 Å². The van der Waals surface area contributed by atoms with Crippen molar-refractivity contribution >= 4 is 0 Å². The van der Waals surface area contributed by atoms with Crippen LogP contribution in [0.15, 0.2) is 24.3 Å². The van der Waals surface area contributed by atoms with Gasteiger partial charge in [-0.3, -0.25) is 0 Å². The summed E-state index contributed by atoms with van der Waals surface area (Å²) in [6.07, 6.45) is 1.07. The summed E-state index contributed by atoms with van der Waals surface area (Å²) in [5.41, 5.74) is 1.74. The minimum Gasteiger partial charge on any atom is -0.493 e. The second-order valence-corrected chi connectivity index (χ2v) is 9.82. The van der Waals surface area contributed by atoms with Gasteiger partial charge in [-0.25, -0.2) is 0 Å². The summed E-state index contributed by atoms with van der Waals surface area (Å²) >= 11 is 0. The van der Waals surface area contributed by atoms with Gasteiger partial charge in [0, 0.05) is 19.7 Å². The molecule has 0 unspecified atom stereocenters. The predicted molar refractivity (Wildman–Crippen MR) is 120 cm³/mol. The monoisotopic (exact) mass is 409 g/mol. The Balaban J connectivity index is 1.92. The minimum absolute atomic E-state index is 0.172.